The molecule has 5 nitrogen and oxygen atoms in total. The maximum atomic E-state index is 12.9. The van der Waals surface area contributed by atoms with Crippen LogP contribution < -0.4 is 5.73 Å². The first kappa shape index (κ1) is 17.8. The molecule has 0 amide bonds. The van der Waals surface area contributed by atoms with Crippen LogP contribution in [-0.2, 0) is 10.0 Å². The number of nitrogens with zero attached hydrogens (tertiary/aromatic N) is 2. The highest BCUT2D eigenvalue weighted by molar-refractivity contribution is 7.89. The van der Waals surface area contributed by atoms with Crippen molar-refractivity contribution in [3.05, 3.63) is 36.0 Å². The second kappa shape index (κ2) is 6.95. The average molecular weight is 335 g/mol. The normalized spacial score (nSPS) is 13.9. The van der Waals surface area contributed by atoms with Crippen LogP contribution in [0.1, 0.15) is 25.8 Å². The van der Waals surface area contributed by atoms with Crippen LogP contribution in [0.25, 0.3) is 10.9 Å². The molecule has 1 unspecified atom stereocenters. The summed E-state index contributed by atoms with van der Waals surface area (Å²) >= 11 is 0. The monoisotopic (exact) mass is 335 g/mol. The quantitative estimate of drug-likeness (QED) is 0.880. The predicted molar refractivity (Wildman–Crippen MR) is 93.7 cm³/mol. The van der Waals surface area contributed by atoms with Crippen molar-refractivity contribution in [2.45, 2.75) is 38.1 Å². The molecule has 23 heavy (non-hydrogen) atoms. The predicted octanol–water partition coefficient (Wildman–Crippen LogP) is 2.54. The summed E-state index contributed by atoms with van der Waals surface area (Å²) < 4.78 is 27.2. The molecule has 1 atom stereocenters. The largest absolute Gasteiger partial charge is 0.327 e. The van der Waals surface area contributed by atoms with E-state index in [4.69, 9.17) is 5.73 Å². The number of pyridine rings is 1. The van der Waals surface area contributed by atoms with Crippen molar-refractivity contribution in [2.24, 2.45) is 11.7 Å². The van der Waals surface area contributed by atoms with Gasteiger partial charge in [0.1, 0.15) is 0 Å². The average Bonchev–Trinajstić information content (AvgIpc) is 2.52. The molecule has 2 aromatic rings. The van der Waals surface area contributed by atoms with Crippen molar-refractivity contribution in [1.29, 1.82) is 0 Å². The van der Waals surface area contributed by atoms with Gasteiger partial charge in [-0.05, 0) is 43.0 Å². The van der Waals surface area contributed by atoms with Crippen molar-refractivity contribution in [2.75, 3.05) is 13.6 Å². The minimum atomic E-state index is -3.57. The summed E-state index contributed by atoms with van der Waals surface area (Å²) in [7, 11) is -1.96. The van der Waals surface area contributed by atoms with Crippen molar-refractivity contribution >= 4 is 20.9 Å². The molecular weight excluding hydrogens is 310 g/mol. The molecule has 126 valence electrons. The van der Waals surface area contributed by atoms with E-state index < -0.39 is 10.0 Å². The first-order valence-electron chi connectivity index (χ1n) is 7.81. The van der Waals surface area contributed by atoms with Gasteiger partial charge in [0.15, 0.2) is 0 Å². The maximum absolute atomic E-state index is 12.9. The number of aromatic nitrogens is 1. The van der Waals surface area contributed by atoms with Gasteiger partial charge < -0.3 is 5.73 Å². The summed E-state index contributed by atoms with van der Waals surface area (Å²) in [6.07, 6.45) is 2.31. The van der Waals surface area contributed by atoms with Crippen molar-refractivity contribution < 1.29 is 8.42 Å². The molecule has 0 bridgehead atoms. The third-order valence-electron chi connectivity index (χ3n) is 4.25. The lowest BCUT2D eigenvalue weighted by Gasteiger charge is -2.22. The van der Waals surface area contributed by atoms with Crippen molar-refractivity contribution in [3.8, 4) is 0 Å². The number of sulfonamides is 1. The number of rotatable bonds is 6. The summed E-state index contributed by atoms with van der Waals surface area (Å²) in [6, 6.07) is 7.01. The molecule has 2 rings (SSSR count). The Bertz CT molecular complexity index is 788. The standard InChI is InChI=1S/C17H25N3O2S/c1-12(2)15(18)9-11-20(4)23(21,22)16-8-7-13(3)17-14(16)6-5-10-19-17/h5-8,10,12,15H,9,11,18H2,1-4H3. The van der Waals surface area contributed by atoms with Crippen LogP contribution in [0.4, 0.5) is 0 Å². The fourth-order valence-corrected chi connectivity index (χ4v) is 3.83. The Morgan fingerprint density at radius 1 is 1.26 bits per heavy atom. The van der Waals surface area contributed by atoms with E-state index in [1.54, 1.807) is 37.5 Å². The van der Waals surface area contributed by atoms with Gasteiger partial charge in [0.05, 0.1) is 10.4 Å². The SMILES string of the molecule is Cc1ccc(S(=O)(=O)N(C)CCC(N)C(C)C)c2cccnc12. The third-order valence-corrected chi connectivity index (χ3v) is 6.17. The second-order valence-electron chi connectivity index (χ2n) is 6.30. The van der Waals surface area contributed by atoms with Crippen LogP contribution in [0.5, 0.6) is 0 Å². The number of fused-ring (bicyclic) bond motifs is 1. The van der Waals surface area contributed by atoms with Crippen LogP contribution in [-0.4, -0.2) is 37.3 Å². The lowest BCUT2D eigenvalue weighted by molar-refractivity contribution is 0.398. The van der Waals surface area contributed by atoms with Gasteiger partial charge in [-0.3, -0.25) is 4.98 Å². The van der Waals surface area contributed by atoms with Crippen LogP contribution in [0.15, 0.2) is 35.4 Å². The molecule has 0 aliphatic carbocycles. The van der Waals surface area contributed by atoms with E-state index in [0.717, 1.165) is 11.1 Å². The Morgan fingerprint density at radius 2 is 1.96 bits per heavy atom. The second-order valence-corrected chi connectivity index (χ2v) is 8.32. The fourth-order valence-electron chi connectivity index (χ4n) is 2.46. The highest BCUT2D eigenvalue weighted by atomic mass is 32.2. The van der Waals surface area contributed by atoms with Crippen molar-refractivity contribution in [1.82, 2.24) is 9.29 Å². The topological polar surface area (TPSA) is 76.3 Å². The molecule has 0 saturated heterocycles. The molecule has 2 N–H and O–H groups in total. The lowest BCUT2D eigenvalue weighted by atomic mass is 10.0. The van der Waals surface area contributed by atoms with E-state index in [-0.39, 0.29) is 6.04 Å². The highest BCUT2D eigenvalue weighted by Gasteiger charge is 2.24. The number of aryl methyl sites for hydroxylation is 1. The smallest absolute Gasteiger partial charge is 0.243 e. The van der Waals surface area contributed by atoms with Gasteiger partial charge in [-0.15, -0.1) is 0 Å². The lowest BCUT2D eigenvalue weighted by Crippen LogP contribution is -2.34. The molecule has 1 aromatic heterocycles. The Labute approximate surface area is 138 Å². The van der Waals surface area contributed by atoms with Crippen LogP contribution in [0, 0.1) is 12.8 Å². The van der Waals surface area contributed by atoms with E-state index >= 15 is 0 Å². The van der Waals surface area contributed by atoms with Crippen molar-refractivity contribution in [3.63, 3.8) is 0 Å². The molecule has 0 radical (unpaired) electrons. The van der Waals surface area contributed by atoms with Gasteiger partial charge in [0, 0.05) is 31.2 Å². The van der Waals surface area contributed by atoms with Gasteiger partial charge in [0.2, 0.25) is 10.0 Å². The molecule has 1 aromatic carbocycles. The van der Waals surface area contributed by atoms with E-state index in [2.05, 4.69) is 4.98 Å². The Morgan fingerprint density at radius 3 is 2.61 bits per heavy atom. The summed E-state index contributed by atoms with van der Waals surface area (Å²) in [6.45, 7) is 6.41. The van der Waals surface area contributed by atoms with E-state index in [9.17, 15) is 8.42 Å². The van der Waals surface area contributed by atoms with Gasteiger partial charge in [-0.2, -0.15) is 0 Å². The minimum Gasteiger partial charge on any atom is -0.327 e. The Hall–Kier alpha value is -1.50. The molecule has 0 fully saturated rings. The van der Waals surface area contributed by atoms with Gasteiger partial charge in [0.25, 0.3) is 0 Å². The summed E-state index contributed by atoms with van der Waals surface area (Å²) in [5.41, 5.74) is 7.71. The van der Waals surface area contributed by atoms with Crippen LogP contribution in [0.3, 0.4) is 0 Å². The summed E-state index contributed by atoms with van der Waals surface area (Å²) in [4.78, 5) is 4.61. The fraction of sp³-hybridized carbons (Fsp3) is 0.471. The van der Waals surface area contributed by atoms with Crippen LogP contribution in [0.2, 0.25) is 0 Å². The molecular formula is C17H25N3O2S. The highest BCUT2D eigenvalue weighted by Crippen LogP contribution is 2.26. The van der Waals surface area contributed by atoms with E-state index in [1.807, 2.05) is 20.8 Å². The minimum absolute atomic E-state index is 0.0101. The zero-order valence-corrected chi connectivity index (χ0v) is 15.0. The summed E-state index contributed by atoms with van der Waals surface area (Å²) in [5.74, 6) is 0.329. The first-order valence-corrected chi connectivity index (χ1v) is 9.25. The number of benzene rings is 1. The third kappa shape index (κ3) is 3.71. The van der Waals surface area contributed by atoms with E-state index in [1.165, 1.54) is 4.31 Å². The molecule has 6 heteroatoms. The first-order chi connectivity index (χ1) is 10.7. The van der Waals surface area contributed by atoms with Gasteiger partial charge >= 0.3 is 0 Å². The molecule has 1 heterocycles. The Balaban J connectivity index is 2.35. The zero-order valence-electron chi connectivity index (χ0n) is 14.2. The number of hydrogen-bond donors (Lipinski definition) is 1. The maximum Gasteiger partial charge on any atom is 0.243 e. The Kier molecular flexibility index (Phi) is 5.39. The molecule has 0 aliphatic rings. The number of nitrogens with two attached hydrogens (primary N) is 1. The molecule has 0 saturated carbocycles. The molecule has 0 aliphatic heterocycles. The molecule has 0 spiro atoms. The number of hydrogen-bond acceptors (Lipinski definition) is 4. The van der Waals surface area contributed by atoms with E-state index in [0.29, 0.717) is 29.2 Å². The summed E-state index contributed by atoms with van der Waals surface area (Å²) in [5, 5.41) is 0.660. The van der Waals surface area contributed by atoms with Gasteiger partial charge in [-0.25, -0.2) is 12.7 Å². The van der Waals surface area contributed by atoms with Crippen LogP contribution >= 0.6 is 0 Å². The van der Waals surface area contributed by atoms with Gasteiger partial charge in [-0.1, -0.05) is 19.9 Å². The zero-order chi connectivity index (χ0) is 17.2.